The van der Waals surface area contributed by atoms with Crippen LogP contribution in [0.5, 0.6) is 0 Å². The molecule has 4 nitrogen and oxygen atoms in total. The predicted molar refractivity (Wildman–Crippen MR) is 81.5 cm³/mol. The maximum atomic E-state index is 12.7. The molecule has 1 saturated heterocycles. The van der Waals surface area contributed by atoms with Crippen LogP contribution in [0.1, 0.15) is 39.9 Å². The third-order valence-corrected chi connectivity index (χ3v) is 5.84. The second-order valence-corrected chi connectivity index (χ2v) is 7.22. The van der Waals surface area contributed by atoms with E-state index in [2.05, 4.69) is 6.07 Å². The number of hydrogen-bond donors (Lipinski definition) is 0. The number of thiophene rings is 1. The van der Waals surface area contributed by atoms with E-state index in [9.17, 15) is 9.59 Å². The molecular formula is C16H21NO3S. The summed E-state index contributed by atoms with van der Waals surface area (Å²) in [5.41, 5.74) is 1.35. The van der Waals surface area contributed by atoms with Gasteiger partial charge in [0.2, 0.25) is 0 Å². The highest BCUT2D eigenvalue weighted by atomic mass is 32.1. The van der Waals surface area contributed by atoms with Gasteiger partial charge in [-0.2, -0.15) is 0 Å². The first-order valence-corrected chi connectivity index (χ1v) is 8.40. The van der Waals surface area contributed by atoms with Crippen LogP contribution in [-0.2, 0) is 22.4 Å². The highest BCUT2D eigenvalue weighted by Crippen LogP contribution is 2.32. The zero-order valence-electron chi connectivity index (χ0n) is 12.6. The molecule has 1 aliphatic carbocycles. The lowest BCUT2D eigenvalue weighted by Gasteiger charge is -2.14. The van der Waals surface area contributed by atoms with Crippen LogP contribution in [0.2, 0.25) is 0 Å². The number of methoxy groups -OCH3 is 1. The van der Waals surface area contributed by atoms with E-state index < -0.39 is 0 Å². The number of likely N-dealkylation sites (tertiary alicyclic amines) is 1. The normalized spacial score (nSPS) is 24.8. The smallest absolute Gasteiger partial charge is 0.310 e. The van der Waals surface area contributed by atoms with Gasteiger partial charge in [-0.15, -0.1) is 11.3 Å². The summed E-state index contributed by atoms with van der Waals surface area (Å²) in [6.07, 6.45) is 4.66. The van der Waals surface area contributed by atoms with Crippen molar-refractivity contribution in [3.8, 4) is 0 Å². The first-order chi connectivity index (χ1) is 10.1. The van der Waals surface area contributed by atoms with Gasteiger partial charge in [-0.1, -0.05) is 6.92 Å². The largest absolute Gasteiger partial charge is 0.469 e. The fraction of sp³-hybridized carbons (Fsp3) is 0.625. The van der Waals surface area contributed by atoms with Gasteiger partial charge in [0.15, 0.2) is 0 Å². The van der Waals surface area contributed by atoms with Crippen molar-refractivity contribution < 1.29 is 14.3 Å². The topological polar surface area (TPSA) is 46.6 Å². The standard InChI is InChI=1S/C16H21NO3S/c1-10-8-17(9-12(10)16(19)20-2)15(18)14-7-11-5-3-4-6-13(11)21-14/h7,10,12H,3-6,8-9H2,1-2H3. The summed E-state index contributed by atoms with van der Waals surface area (Å²) in [6, 6.07) is 2.07. The molecule has 0 aromatic carbocycles. The molecule has 1 fully saturated rings. The average molecular weight is 307 g/mol. The molecule has 3 rings (SSSR count). The lowest BCUT2D eigenvalue weighted by Crippen LogP contribution is -2.29. The number of carbonyl (C=O) groups is 2. The second-order valence-electron chi connectivity index (χ2n) is 6.08. The molecule has 5 heteroatoms. The van der Waals surface area contributed by atoms with Crippen molar-refractivity contribution in [3.63, 3.8) is 0 Å². The molecule has 2 atom stereocenters. The molecule has 21 heavy (non-hydrogen) atoms. The molecule has 1 amide bonds. The van der Waals surface area contributed by atoms with Gasteiger partial charge in [-0.05, 0) is 43.2 Å². The summed E-state index contributed by atoms with van der Waals surface area (Å²) in [5.74, 6) is -0.152. The van der Waals surface area contributed by atoms with Crippen molar-refractivity contribution in [2.24, 2.45) is 11.8 Å². The minimum Gasteiger partial charge on any atom is -0.469 e. The Morgan fingerprint density at radius 1 is 1.29 bits per heavy atom. The van der Waals surface area contributed by atoms with Crippen LogP contribution in [0, 0.1) is 11.8 Å². The predicted octanol–water partition coefficient (Wildman–Crippen LogP) is 2.51. The Bertz CT molecular complexity index is 542. The van der Waals surface area contributed by atoms with Crippen LogP contribution >= 0.6 is 11.3 Å². The third kappa shape index (κ3) is 2.71. The number of amides is 1. The van der Waals surface area contributed by atoms with Gasteiger partial charge in [-0.3, -0.25) is 9.59 Å². The number of ether oxygens (including phenoxy) is 1. The number of aryl methyl sites for hydroxylation is 2. The van der Waals surface area contributed by atoms with Crippen molar-refractivity contribution >= 4 is 23.2 Å². The number of nitrogens with zero attached hydrogens (tertiary/aromatic N) is 1. The summed E-state index contributed by atoms with van der Waals surface area (Å²) in [6.45, 7) is 3.13. The van der Waals surface area contributed by atoms with E-state index in [-0.39, 0.29) is 23.7 Å². The minimum absolute atomic E-state index is 0.0765. The molecule has 1 aromatic heterocycles. The first kappa shape index (κ1) is 14.6. The monoisotopic (exact) mass is 307 g/mol. The summed E-state index contributed by atoms with van der Waals surface area (Å²) in [5, 5.41) is 0. The van der Waals surface area contributed by atoms with Crippen molar-refractivity contribution in [1.82, 2.24) is 4.90 Å². The fourth-order valence-corrected chi connectivity index (χ4v) is 4.56. The van der Waals surface area contributed by atoms with Crippen LogP contribution < -0.4 is 0 Å². The number of rotatable bonds is 2. The van der Waals surface area contributed by atoms with Gasteiger partial charge in [0.05, 0.1) is 17.9 Å². The average Bonchev–Trinajstić information content (AvgIpc) is 3.09. The van der Waals surface area contributed by atoms with Gasteiger partial charge < -0.3 is 9.64 Å². The van der Waals surface area contributed by atoms with Crippen molar-refractivity contribution in [3.05, 3.63) is 21.4 Å². The summed E-state index contributed by atoms with van der Waals surface area (Å²) in [7, 11) is 1.41. The maximum absolute atomic E-state index is 12.7. The zero-order chi connectivity index (χ0) is 15.0. The zero-order valence-corrected chi connectivity index (χ0v) is 13.4. The van der Waals surface area contributed by atoms with Crippen LogP contribution in [0.4, 0.5) is 0 Å². The number of fused-ring (bicyclic) bond motifs is 1. The van der Waals surface area contributed by atoms with E-state index in [1.54, 1.807) is 11.3 Å². The number of carbonyl (C=O) groups excluding carboxylic acids is 2. The fourth-order valence-electron chi connectivity index (χ4n) is 3.34. The van der Waals surface area contributed by atoms with Crippen molar-refractivity contribution in [2.45, 2.75) is 32.6 Å². The van der Waals surface area contributed by atoms with E-state index in [4.69, 9.17) is 4.74 Å². The molecule has 0 N–H and O–H groups in total. The summed E-state index contributed by atoms with van der Waals surface area (Å²) >= 11 is 1.64. The molecule has 0 radical (unpaired) electrons. The quantitative estimate of drug-likeness (QED) is 0.789. The Balaban J connectivity index is 1.74. The SMILES string of the molecule is COC(=O)C1CN(C(=O)c2cc3c(s2)CCCC3)CC1C. The van der Waals surface area contributed by atoms with Gasteiger partial charge in [0.1, 0.15) is 0 Å². The van der Waals surface area contributed by atoms with Gasteiger partial charge >= 0.3 is 5.97 Å². The van der Waals surface area contributed by atoms with Crippen LogP contribution in [0.25, 0.3) is 0 Å². The van der Waals surface area contributed by atoms with Gasteiger partial charge in [-0.25, -0.2) is 0 Å². The molecule has 1 aliphatic heterocycles. The lowest BCUT2D eigenvalue weighted by molar-refractivity contribution is -0.146. The van der Waals surface area contributed by atoms with Crippen molar-refractivity contribution in [1.29, 1.82) is 0 Å². The van der Waals surface area contributed by atoms with Crippen LogP contribution in [-0.4, -0.2) is 37.0 Å². The van der Waals surface area contributed by atoms with Crippen molar-refractivity contribution in [2.75, 3.05) is 20.2 Å². The Labute approximate surface area is 129 Å². The number of hydrogen-bond acceptors (Lipinski definition) is 4. The molecule has 2 unspecified atom stereocenters. The van der Waals surface area contributed by atoms with Gasteiger partial charge in [0, 0.05) is 18.0 Å². The van der Waals surface area contributed by atoms with E-state index >= 15 is 0 Å². The Hall–Kier alpha value is -1.36. The van der Waals surface area contributed by atoms with E-state index in [0.717, 1.165) is 17.7 Å². The molecule has 2 aliphatic rings. The maximum Gasteiger partial charge on any atom is 0.310 e. The highest BCUT2D eigenvalue weighted by molar-refractivity contribution is 7.14. The molecule has 1 aromatic rings. The third-order valence-electron chi connectivity index (χ3n) is 4.61. The van der Waals surface area contributed by atoms with E-state index in [0.29, 0.717) is 13.1 Å². The molecular weight excluding hydrogens is 286 g/mol. The molecule has 0 bridgehead atoms. The first-order valence-electron chi connectivity index (χ1n) is 7.59. The molecule has 0 saturated carbocycles. The molecule has 2 heterocycles. The second kappa shape index (κ2) is 5.79. The van der Waals surface area contributed by atoms with Crippen LogP contribution in [0.15, 0.2) is 6.07 Å². The molecule has 0 spiro atoms. The number of esters is 1. The Kier molecular flexibility index (Phi) is 4.02. The van der Waals surface area contributed by atoms with Gasteiger partial charge in [0.25, 0.3) is 5.91 Å². The van der Waals surface area contributed by atoms with E-state index in [1.807, 2.05) is 11.8 Å². The highest BCUT2D eigenvalue weighted by Gasteiger charge is 2.38. The Morgan fingerprint density at radius 2 is 2.05 bits per heavy atom. The van der Waals surface area contributed by atoms with Crippen LogP contribution in [0.3, 0.4) is 0 Å². The molecule has 114 valence electrons. The Morgan fingerprint density at radius 3 is 2.76 bits per heavy atom. The minimum atomic E-state index is -0.205. The summed E-state index contributed by atoms with van der Waals surface area (Å²) in [4.78, 5) is 28.4. The van der Waals surface area contributed by atoms with E-state index in [1.165, 1.54) is 30.4 Å². The lowest BCUT2D eigenvalue weighted by atomic mass is 9.99. The summed E-state index contributed by atoms with van der Waals surface area (Å²) < 4.78 is 4.83.